The number of rotatable bonds is 2. The normalized spacial score (nSPS) is 28.9. The summed E-state index contributed by atoms with van der Waals surface area (Å²) in [6, 6.07) is 7.86. The fraction of sp³-hybridized carbons (Fsp3) is 0.571. The summed E-state index contributed by atoms with van der Waals surface area (Å²) in [6.45, 7) is 0. The summed E-state index contributed by atoms with van der Waals surface area (Å²) in [4.78, 5) is 0.790. The molecule has 1 saturated carbocycles. The Morgan fingerprint density at radius 1 is 1.06 bits per heavy atom. The van der Waals surface area contributed by atoms with E-state index in [2.05, 4.69) is 6.07 Å². The van der Waals surface area contributed by atoms with Crippen LogP contribution in [0, 0.1) is 0 Å². The molecule has 2 N–H and O–H groups in total. The first-order chi connectivity index (χ1) is 8.67. The van der Waals surface area contributed by atoms with Gasteiger partial charge in [0.05, 0.1) is 10.6 Å². The van der Waals surface area contributed by atoms with Crippen molar-refractivity contribution < 1.29 is 9.11 Å². The SMILES string of the molecule is OS1(O)CC(SC2CCCCC2)c2ccccc21. The van der Waals surface area contributed by atoms with Gasteiger partial charge >= 0.3 is 0 Å². The Kier molecular flexibility index (Phi) is 3.63. The summed E-state index contributed by atoms with van der Waals surface area (Å²) in [5.74, 6) is 0.521. The first-order valence-electron chi connectivity index (χ1n) is 6.67. The Labute approximate surface area is 115 Å². The van der Waals surface area contributed by atoms with Gasteiger partial charge in [-0.25, -0.2) is 0 Å². The van der Waals surface area contributed by atoms with Crippen LogP contribution in [0.15, 0.2) is 29.2 Å². The maximum absolute atomic E-state index is 10.2. The number of fused-ring (bicyclic) bond motifs is 1. The molecule has 1 atom stereocenters. The van der Waals surface area contributed by atoms with Gasteiger partial charge in [0, 0.05) is 10.5 Å². The highest BCUT2D eigenvalue weighted by atomic mass is 32.3. The quantitative estimate of drug-likeness (QED) is 0.810. The van der Waals surface area contributed by atoms with Crippen LogP contribution in [0.2, 0.25) is 0 Å². The van der Waals surface area contributed by atoms with E-state index in [0.29, 0.717) is 11.0 Å². The molecule has 18 heavy (non-hydrogen) atoms. The molecule has 0 aromatic heterocycles. The molecule has 1 aromatic rings. The molecule has 0 spiro atoms. The fourth-order valence-corrected chi connectivity index (χ4v) is 7.03. The Balaban J connectivity index is 1.78. The van der Waals surface area contributed by atoms with Crippen LogP contribution in [-0.2, 0) is 0 Å². The molecule has 100 valence electrons. The Hall–Kier alpha value is -0.160. The fourth-order valence-electron chi connectivity index (χ4n) is 2.98. The van der Waals surface area contributed by atoms with Crippen molar-refractivity contribution in [2.45, 2.75) is 47.5 Å². The van der Waals surface area contributed by atoms with Crippen LogP contribution >= 0.6 is 22.4 Å². The molecular weight excluding hydrogens is 264 g/mol. The van der Waals surface area contributed by atoms with E-state index in [0.717, 1.165) is 10.5 Å². The van der Waals surface area contributed by atoms with Gasteiger partial charge in [-0.2, -0.15) is 10.6 Å². The molecule has 0 radical (unpaired) electrons. The summed E-state index contributed by atoms with van der Waals surface area (Å²) in [7, 11) is -2.53. The zero-order valence-electron chi connectivity index (χ0n) is 10.4. The van der Waals surface area contributed by atoms with Gasteiger partial charge in [-0.15, -0.1) is 11.8 Å². The van der Waals surface area contributed by atoms with Gasteiger partial charge < -0.3 is 0 Å². The third-order valence-electron chi connectivity index (χ3n) is 3.91. The molecule has 1 fully saturated rings. The van der Waals surface area contributed by atoms with Gasteiger partial charge in [-0.05, 0) is 24.5 Å². The summed E-state index contributed by atoms with van der Waals surface area (Å²) in [5.41, 5.74) is 1.16. The predicted octanol–water partition coefficient (Wildman–Crippen LogP) is 4.92. The zero-order chi connectivity index (χ0) is 12.6. The average Bonchev–Trinajstić information content (AvgIpc) is 2.63. The van der Waals surface area contributed by atoms with Gasteiger partial charge in [0.2, 0.25) is 0 Å². The van der Waals surface area contributed by atoms with E-state index in [-0.39, 0.29) is 5.25 Å². The number of hydrogen-bond donors (Lipinski definition) is 2. The second-order valence-electron chi connectivity index (χ2n) is 5.26. The number of thioether (sulfide) groups is 1. The molecular formula is C14H20O2S2. The lowest BCUT2D eigenvalue weighted by Gasteiger charge is -2.28. The Morgan fingerprint density at radius 3 is 2.56 bits per heavy atom. The van der Waals surface area contributed by atoms with Crippen molar-refractivity contribution in [3.63, 3.8) is 0 Å². The monoisotopic (exact) mass is 284 g/mol. The molecule has 1 heterocycles. The van der Waals surface area contributed by atoms with E-state index < -0.39 is 10.6 Å². The van der Waals surface area contributed by atoms with Crippen LogP contribution in [0.5, 0.6) is 0 Å². The lowest BCUT2D eigenvalue weighted by Crippen LogP contribution is -2.11. The standard InChI is InChI=1S/C14H20O2S2/c15-18(16)10-13(12-8-4-5-9-14(12)18)17-11-6-2-1-3-7-11/h4-5,8-9,11,13,15-16H,1-3,6-7,10H2. The smallest absolute Gasteiger partial charge is 0.0628 e. The largest absolute Gasteiger partial charge is 0.295 e. The Bertz CT molecular complexity index is 428. The number of hydrogen-bond acceptors (Lipinski definition) is 3. The second-order valence-corrected chi connectivity index (χ2v) is 8.87. The van der Waals surface area contributed by atoms with Crippen LogP contribution in [-0.4, -0.2) is 20.1 Å². The summed E-state index contributed by atoms with van der Waals surface area (Å²) < 4.78 is 20.3. The van der Waals surface area contributed by atoms with Gasteiger partial charge in [0.15, 0.2) is 0 Å². The van der Waals surface area contributed by atoms with Crippen molar-refractivity contribution in [1.29, 1.82) is 0 Å². The van der Waals surface area contributed by atoms with E-state index in [1.165, 1.54) is 32.1 Å². The molecule has 1 unspecified atom stereocenters. The minimum Gasteiger partial charge on any atom is -0.295 e. The summed E-state index contributed by atoms with van der Waals surface area (Å²) in [6.07, 6.45) is 6.63. The zero-order valence-corrected chi connectivity index (χ0v) is 12.1. The van der Waals surface area contributed by atoms with E-state index in [4.69, 9.17) is 0 Å². The van der Waals surface area contributed by atoms with Crippen LogP contribution in [0.1, 0.15) is 42.9 Å². The Morgan fingerprint density at radius 2 is 1.78 bits per heavy atom. The summed E-state index contributed by atoms with van der Waals surface area (Å²) >= 11 is 1.97. The maximum atomic E-state index is 10.2. The maximum Gasteiger partial charge on any atom is 0.0628 e. The second kappa shape index (κ2) is 5.08. The third kappa shape index (κ3) is 2.44. The van der Waals surface area contributed by atoms with Crippen LogP contribution in [0.3, 0.4) is 0 Å². The van der Waals surface area contributed by atoms with E-state index in [1.54, 1.807) is 0 Å². The molecule has 0 bridgehead atoms. The van der Waals surface area contributed by atoms with Crippen molar-refractivity contribution >= 4 is 22.4 Å². The van der Waals surface area contributed by atoms with Crippen molar-refractivity contribution in [2.75, 3.05) is 5.75 Å². The van der Waals surface area contributed by atoms with Gasteiger partial charge in [0.25, 0.3) is 0 Å². The minimum absolute atomic E-state index is 0.286. The van der Waals surface area contributed by atoms with Crippen LogP contribution in [0.25, 0.3) is 0 Å². The molecule has 0 amide bonds. The predicted molar refractivity (Wildman–Crippen MR) is 79.6 cm³/mol. The molecule has 2 aliphatic rings. The van der Waals surface area contributed by atoms with Crippen molar-refractivity contribution in [3.05, 3.63) is 29.8 Å². The first-order valence-corrected chi connectivity index (χ1v) is 9.33. The van der Waals surface area contributed by atoms with Crippen LogP contribution < -0.4 is 0 Å². The lowest BCUT2D eigenvalue weighted by molar-refractivity contribution is 0.491. The van der Waals surface area contributed by atoms with Crippen molar-refractivity contribution in [3.8, 4) is 0 Å². The highest BCUT2D eigenvalue weighted by molar-refractivity contribution is 8.25. The van der Waals surface area contributed by atoms with Gasteiger partial charge in [-0.1, -0.05) is 37.5 Å². The highest BCUT2D eigenvalue weighted by Gasteiger charge is 2.36. The molecule has 1 aromatic carbocycles. The summed E-state index contributed by atoms with van der Waals surface area (Å²) in [5, 5.41) is 0.999. The topological polar surface area (TPSA) is 40.5 Å². The molecule has 1 aliphatic carbocycles. The van der Waals surface area contributed by atoms with Crippen molar-refractivity contribution in [1.82, 2.24) is 0 Å². The molecule has 4 heteroatoms. The molecule has 2 nitrogen and oxygen atoms in total. The number of benzene rings is 1. The molecule has 0 saturated heterocycles. The first kappa shape index (κ1) is 12.9. The van der Waals surface area contributed by atoms with Gasteiger partial charge in [-0.3, -0.25) is 9.11 Å². The minimum atomic E-state index is -2.53. The highest BCUT2D eigenvalue weighted by Crippen LogP contribution is 2.62. The average molecular weight is 284 g/mol. The van der Waals surface area contributed by atoms with Gasteiger partial charge in [0.1, 0.15) is 0 Å². The van der Waals surface area contributed by atoms with E-state index in [1.807, 2.05) is 30.0 Å². The van der Waals surface area contributed by atoms with E-state index >= 15 is 0 Å². The van der Waals surface area contributed by atoms with Crippen molar-refractivity contribution in [2.24, 2.45) is 0 Å². The van der Waals surface area contributed by atoms with E-state index in [9.17, 15) is 9.11 Å². The lowest BCUT2D eigenvalue weighted by atomic mass is 10.0. The molecule has 3 rings (SSSR count). The van der Waals surface area contributed by atoms with Crippen LogP contribution in [0.4, 0.5) is 0 Å². The third-order valence-corrected chi connectivity index (χ3v) is 7.60. The molecule has 1 aliphatic heterocycles.